The predicted molar refractivity (Wildman–Crippen MR) is 157 cm³/mol. The van der Waals surface area contributed by atoms with E-state index in [9.17, 15) is 31.2 Å². The lowest BCUT2D eigenvalue weighted by Crippen LogP contribution is -2.53. The zero-order valence-corrected chi connectivity index (χ0v) is 24.8. The van der Waals surface area contributed by atoms with Crippen LogP contribution in [0.1, 0.15) is 36.5 Å². The molecule has 2 amide bonds. The summed E-state index contributed by atoms with van der Waals surface area (Å²) < 4.78 is 67.0. The van der Waals surface area contributed by atoms with Crippen molar-refractivity contribution in [3.8, 4) is 0 Å². The van der Waals surface area contributed by atoms with Crippen molar-refractivity contribution >= 4 is 39.1 Å². The van der Waals surface area contributed by atoms with Crippen LogP contribution in [-0.2, 0) is 38.8 Å². The van der Waals surface area contributed by atoms with Crippen LogP contribution in [0, 0.1) is 0 Å². The molecule has 0 radical (unpaired) electrons. The van der Waals surface area contributed by atoms with E-state index in [0.717, 1.165) is 36.8 Å². The van der Waals surface area contributed by atoms with Gasteiger partial charge in [0.25, 0.3) is 0 Å². The molecule has 42 heavy (non-hydrogen) atoms. The number of nitrogens with one attached hydrogen (secondary N) is 1. The van der Waals surface area contributed by atoms with Crippen LogP contribution in [0.3, 0.4) is 0 Å². The second-order valence-electron chi connectivity index (χ2n) is 9.79. The Bertz CT molecular complexity index is 1460. The van der Waals surface area contributed by atoms with Crippen molar-refractivity contribution < 1.29 is 31.2 Å². The van der Waals surface area contributed by atoms with Crippen LogP contribution in [0.15, 0.2) is 78.9 Å². The van der Waals surface area contributed by atoms with Gasteiger partial charge in [-0.3, -0.25) is 13.9 Å². The zero-order chi connectivity index (χ0) is 30.9. The minimum Gasteiger partial charge on any atom is -0.354 e. The van der Waals surface area contributed by atoms with Gasteiger partial charge in [0.15, 0.2) is 0 Å². The number of halogens is 4. The lowest BCUT2D eigenvalue weighted by molar-refractivity contribution is -0.140. The molecular weight excluding hydrogens is 591 g/mol. The predicted octanol–water partition coefficient (Wildman–Crippen LogP) is 5.68. The van der Waals surface area contributed by atoms with E-state index in [1.165, 1.54) is 4.90 Å². The molecule has 0 aliphatic carbocycles. The first kappa shape index (κ1) is 32.9. The zero-order valence-electron chi connectivity index (χ0n) is 23.3. The molecule has 0 saturated carbocycles. The van der Waals surface area contributed by atoms with Crippen molar-refractivity contribution in [2.24, 2.45) is 0 Å². The van der Waals surface area contributed by atoms with E-state index in [0.29, 0.717) is 22.5 Å². The van der Waals surface area contributed by atoms with Crippen molar-refractivity contribution in [2.75, 3.05) is 23.7 Å². The molecule has 226 valence electrons. The maximum Gasteiger partial charge on any atom is 0.417 e. The van der Waals surface area contributed by atoms with Gasteiger partial charge in [-0.25, -0.2) is 8.42 Å². The van der Waals surface area contributed by atoms with E-state index in [1.807, 2.05) is 25.1 Å². The number of amides is 2. The summed E-state index contributed by atoms with van der Waals surface area (Å²) in [6.45, 7) is 1.48. The summed E-state index contributed by atoms with van der Waals surface area (Å²) in [7, 11) is -4.24. The number of sulfonamides is 1. The summed E-state index contributed by atoms with van der Waals surface area (Å²) in [5.74, 6) is -1.19. The van der Waals surface area contributed by atoms with Gasteiger partial charge in [-0.2, -0.15) is 13.2 Å². The molecule has 3 rings (SSSR count). The highest BCUT2D eigenvalue weighted by atomic mass is 35.5. The van der Waals surface area contributed by atoms with Crippen LogP contribution in [0.2, 0.25) is 5.02 Å². The molecule has 0 saturated heterocycles. The van der Waals surface area contributed by atoms with Crippen molar-refractivity contribution in [1.29, 1.82) is 0 Å². The molecule has 0 spiro atoms. The van der Waals surface area contributed by atoms with Crippen LogP contribution >= 0.6 is 11.6 Å². The molecule has 0 heterocycles. The first-order valence-electron chi connectivity index (χ1n) is 13.3. The second kappa shape index (κ2) is 14.6. The summed E-state index contributed by atoms with van der Waals surface area (Å²) in [5, 5.41) is 2.26. The number of nitrogens with zero attached hydrogens (tertiary/aromatic N) is 2. The maximum atomic E-state index is 14.0. The van der Waals surface area contributed by atoms with Gasteiger partial charge in [0, 0.05) is 19.5 Å². The average Bonchev–Trinajstić information content (AvgIpc) is 2.94. The fourth-order valence-corrected chi connectivity index (χ4v) is 5.41. The Morgan fingerprint density at radius 3 is 2.10 bits per heavy atom. The van der Waals surface area contributed by atoms with Crippen molar-refractivity contribution in [1.82, 2.24) is 10.2 Å². The molecule has 0 aromatic heterocycles. The number of benzene rings is 3. The molecule has 1 atom stereocenters. The highest BCUT2D eigenvalue weighted by Crippen LogP contribution is 2.37. The second-order valence-corrected chi connectivity index (χ2v) is 12.1. The van der Waals surface area contributed by atoms with Crippen molar-refractivity contribution in [3.05, 3.63) is 101 Å². The lowest BCUT2D eigenvalue weighted by Gasteiger charge is -2.33. The van der Waals surface area contributed by atoms with Gasteiger partial charge in [-0.05, 0) is 35.7 Å². The van der Waals surface area contributed by atoms with Gasteiger partial charge in [0.05, 0.1) is 22.5 Å². The maximum absolute atomic E-state index is 14.0. The molecule has 12 heteroatoms. The Balaban J connectivity index is 2.06. The van der Waals surface area contributed by atoms with E-state index < -0.39 is 51.2 Å². The average molecular weight is 624 g/mol. The number of anilines is 1. The van der Waals surface area contributed by atoms with Crippen molar-refractivity contribution in [2.45, 2.75) is 44.9 Å². The Labute approximate surface area is 249 Å². The summed E-state index contributed by atoms with van der Waals surface area (Å²) in [4.78, 5) is 28.8. The third kappa shape index (κ3) is 9.22. The summed E-state index contributed by atoms with van der Waals surface area (Å²) in [5.41, 5.74) is -0.163. The van der Waals surface area contributed by atoms with Crippen molar-refractivity contribution in [3.63, 3.8) is 0 Å². The normalized spacial score (nSPS) is 12.4. The summed E-state index contributed by atoms with van der Waals surface area (Å²) in [6, 6.07) is 19.5. The first-order valence-corrected chi connectivity index (χ1v) is 15.5. The third-order valence-corrected chi connectivity index (χ3v) is 7.99. The number of hydrogen-bond donors (Lipinski definition) is 1. The Morgan fingerprint density at radius 2 is 1.55 bits per heavy atom. The molecule has 0 aliphatic rings. The molecule has 0 fully saturated rings. The molecule has 0 aliphatic heterocycles. The minimum atomic E-state index is -4.85. The van der Waals surface area contributed by atoms with Gasteiger partial charge in [0.1, 0.15) is 12.6 Å². The van der Waals surface area contributed by atoms with Crippen LogP contribution in [0.4, 0.5) is 18.9 Å². The number of alkyl halides is 3. The Kier molecular flexibility index (Phi) is 11.4. The lowest BCUT2D eigenvalue weighted by atomic mass is 10.0. The summed E-state index contributed by atoms with van der Waals surface area (Å²) >= 11 is 5.74. The van der Waals surface area contributed by atoms with Gasteiger partial charge >= 0.3 is 6.18 Å². The molecule has 7 nitrogen and oxygen atoms in total. The smallest absolute Gasteiger partial charge is 0.354 e. The largest absolute Gasteiger partial charge is 0.417 e. The van der Waals surface area contributed by atoms with Crippen LogP contribution in [0.25, 0.3) is 0 Å². The fraction of sp³-hybridized carbons (Fsp3) is 0.333. The standard InChI is InChI=1S/C30H33ClF3N3O4S/c1-3-4-17-35-29(39)27(18-22-11-7-5-8-12-22)36(20-23-13-9-6-10-14-23)28(38)21-37(42(2,40)41)24-15-16-26(31)25(19-24)30(32,33)34/h5-16,19,27H,3-4,17-18,20-21H2,1-2H3,(H,35,39)/t27-/m0/s1. The molecule has 0 bridgehead atoms. The highest BCUT2D eigenvalue weighted by molar-refractivity contribution is 7.92. The number of unbranched alkanes of at least 4 members (excludes halogenated alkanes) is 1. The number of carbonyl (C=O) groups is 2. The van der Waals surface area contributed by atoms with Gasteiger partial charge in [0.2, 0.25) is 21.8 Å². The fourth-order valence-electron chi connectivity index (χ4n) is 4.34. The third-order valence-electron chi connectivity index (χ3n) is 6.52. The quantitative estimate of drug-likeness (QED) is 0.248. The van der Waals surface area contributed by atoms with E-state index in [2.05, 4.69) is 5.32 Å². The van der Waals surface area contributed by atoms with Crippen LogP contribution in [-0.4, -0.2) is 50.5 Å². The van der Waals surface area contributed by atoms with E-state index in [-0.39, 0.29) is 18.7 Å². The summed E-state index contributed by atoms with van der Waals surface area (Å²) in [6.07, 6.45) is -2.37. The SMILES string of the molecule is CCCCNC(=O)[C@H](Cc1ccccc1)N(Cc1ccccc1)C(=O)CN(c1ccc(Cl)c(C(F)(F)F)c1)S(C)(=O)=O. The van der Waals surface area contributed by atoms with E-state index >= 15 is 0 Å². The van der Waals surface area contributed by atoms with Crippen LogP contribution in [0.5, 0.6) is 0 Å². The Hall–Kier alpha value is -3.57. The molecular formula is C30H33ClF3N3O4S. The molecule has 0 unspecified atom stereocenters. The molecule has 1 N–H and O–H groups in total. The Morgan fingerprint density at radius 1 is 0.952 bits per heavy atom. The van der Waals surface area contributed by atoms with Crippen LogP contribution < -0.4 is 9.62 Å². The van der Waals surface area contributed by atoms with Gasteiger partial charge < -0.3 is 10.2 Å². The minimum absolute atomic E-state index is 0.0373. The van der Waals surface area contributed by atoms with Gasteiger partial charge in [-0.15, -0.1) is 0 Å². The molecule has 3 aromatic carbocycles. The first-order chi connectivity index (χ1) is 19.8. The van der Waals surface area contributed by atoms with Gasteiger partial charge in [-0.1, -0.05) is 85.6 Å². The number of hydrogen-bond acceptors (Lipinski definition) is 4. The highest BCUT2D eigenvalue weighted by Gasteiger charge is 2.36. The number of rotatable bonds is 13. The van der Waals surface area contributed by atoms with E-state index in [1.54, 1.807) is 42.5 Å². The van der Waals surface area contributed by atoms with E-state index in [4.69, 9.17) is 11.6 Å². The number of carbonyl (C=O) groups excluding carboxylic acids is 2. The molecule has 3 aromatic rings. The topological polar surface area (TPSA) is 86.8 Å². The monoisotopic (exact) mass is 623 g/mol.